The van der Waals surface area contributed by atoms with Crippen molar-refractivity contribution in [2.24, 2.45) is 17.8 Å². The molecule has 1 N–H and O–H groups in total. The molecule has 98 valence electrons. The van der Waals surface area contributed by atoms with E-state index in [0.717, 1.165) is 28.0 Å². The van der Waals surface area contributed by atoms with Gasteiger partial charge in [0.2, 0.25) is 0 Å². The van der Waals surface area contributed by atoms with Gasteiger partial charge in [0.05, 0.1) is 4.47 Å². The molecule has 1 aromatic rings. The third kappa shape index (κ3) is 2.29. The van der Waals surface area contributed by atoms with Crippen LogP contribution in [0, 0.1) is 24.7 Å². The number of hydrogen-bond donors (Lipinski definition) is 1. The zero-order valence-electron chi connectivity index (χ0n) is 11.1. The van der Waals surface area contributed by atoms with Crippen molar-refractivity contribution in [1.29, 1.82) is 0 Å². The molecule has 3 heteroatoms. The molecule has 0 amide bonds. The number of halogens is 1. The summed E-state index contributed by atoms with van der Waals surface area (Å²) in [6.45, 7) is 4.39. The Hall–Kier alpha value is -0.570. The smallest absolute Gasteiger partial charge is 0.140 e. The lowest BCUT2D eigenvalue weighted by Crippen LogP contribution is -2.30. The number of aryl methyl sites for hydroxylation is 1. The van der Waals surface area contributed by atoms with Crippen LogP contribution in [0.2, 0.25) is 0 Å². The number of fused-ring (bicyclic) bond motifs is 2. The minimum absolute atomic E-state index is 0.534. The summed E-state index contributed by atoms with van der Waals surface area (Å²) < 4.78 is 1.08. The number of nitrogens with zero attached hydrogens (tertiary/aromatic N) is 1. The lowest BCUT2D eigenvalue weighted by Gasteiger charge is -2.29. The second kappa shape index (κ2) is 4.84. The molecule has 1 aromatic heterocycles. The van der Waals surface area contributed by atoms with Crippen LogP contribution in [0.3, 0.4) is 0 Å². The maximum Gasteiger partial charge on any atom is 0.140 e. The van der Waals surface area contributed by atoms with Crippen molar-refractivity contribution in [3.63, 3.8) is 0 Å². The molecule has 2 aliphatic carbocycles. The van der Waals surface area contributed by atoms with Crippen molar-refractivity contribution in [1.82, 2.24) is 4.98 Å². The first-order chi connectivity index (χ1) is 8.63. The molecule has 0 radical (unpaired) electrons. The second-order valence-corrected chi connectivity index (χ2v) is 6.97. The van der Waals surface area contributed by atoms with Gasteiger partial charge in [-0.15, -0.1) is 0 Å². The Morgan fingerprint density at radius 2 is 2.22 bits per heavy atom. The summed E-state index contributed by atoms with van der Waals surface area (Å²) in [6.07, 6.45) is 7.74. The van der Waals surface area contributed by atoms with Crippen LogP contribution in [0.5, 0.6) is 0 Å². The molecule has 2 aliphatic rings. The van der Waals surface area contributed by atoms with Gasteiger partial charge in [-0.2, -0.15) is 0 Å². The van der Waals surface area contributed by atoms with Gasteiger partial charge in [0.15, 0.2) is 0 Å². The second-order valence-electron chi connectivity index (χ2n) is 6.11. The average molecular weight is 309 g/mol. The number of anilines is 1. The summed E-state index contributed by atoms with van der Waals surface area (Å²) in [5.41, 5.74) is 1.19. The van der Waals surface area contributed by atoms with Gasteiger partial charge in [-0.3, -0.25) is 0 Å². The van der Waals surface area contributed by atoms with Crippen LogP contribution < -0.4 is 5.32 Å². The molecule has 0 spiro atoms. The van der Waals surface area contributed by atoms with E-state index in [9.17, 15) is 0 Å². The highest BCUT2D eigenvalue weighted by atomic mass is 79.9. The highest BCUT2D eigenvalue weighted by molar-refractivity contribution is 9.10. The van der Waals surface area contributed by atoms with Crippen LogP contribution in [0.1, 0.15) is 38.2 Å². The van der Waals surface area contributed by atoms with Crippen LogP contribution in [0.15, 0.2) is 16.7 Å². The van der Waals surface area contributed by atoms with Crippen molar-refractivity contribution in [3.8, 4) is 0 Å². The van der Waals surface area contributed by atoms with E-state index in [0.29, 0.717) is 6.04 Å². The first kappa shape index (κ1) is 12.5. The minimum atomic E-state index is 0.534. The zero-order chi connectivity index (χ0) is 12.7. The molecule has 2 nitrogen and oxygen atoms in total. The summed E-state index contributed by atoms with van der Waals surface area (Å²) in [5, 5.41) is 3.61. The molecule has 0 saturated heterocycles. The van der Waals surface area contributed by atoms with Crippen LogP contribution >= 0.6 is 15.9 Å². The van der Waals surface area contributed by atoms with E-state index in [1.165, 1.54) is 31.2 Å². The summed E-state index contributed by atoms with van der Waals surface area (Å²) >= 11 is 3.60. The van der Waals surface area contributed by atoms with Crippen LogP contribution in [-0.4, -0.2) is 11.0 Å². The van der Waals surface area contributed by atoms with Gasteiger partial charge in [0.1, 0.15) is 5.82 Å². The number of nitrogens with one attached hydrogen (secondary N) is 1. The third-order valence-electron chi connectivity index (χ3n) is 4.78. The van der Waals surface area contributed by atoms with Gasteiger partial charge in [0.25, 0.3) is 0 Å². The van der Waals surface area contributed by atoms with Gasteiger partial charge in [-0.05, 0) is 78.4 Å². The summed E-state index contributed by atoms with van der Waals surface area (Å²) in [5.74, 6) is 3.81. The molecular formula is C15H21BrN2. The highest BCUT2D eigenvalue weighted by Gasteiger charge is 2.41. The summed E-state index contributed by atoms with van der Waals surface area (Å²) in [6, 6.07) is 2.66. The lowest BCUT2D eigenvalue weighted by atomic mass is 9.84. The number of pyridine rings is 1. The van der Waals surface area contributed by atoms with E-state index >= 15 is 0 Å². The van der Waals surface area contributed by atoms with Crippen molar-refractivity contribution < 1.29 is 0 Å². The molecule has 2 saturated carbocycles. The maximum absolute atomic E-state index is 4.49. The van der Waals surface area contributed by atoms with E-state index < -0.39 is 0 Å². The van der Waals surface area contributed by atoms with E-state index in [2.05, 4.69) is 46.1 Å². The fourth-order valence-corrected chi connectivity index (χ4v) is 4.45. The van der Waals surface area contributed by atoms with E-state index in [1.54, 1.807) is 0 Å². The Balaban J connectivity index is 1.69. The van der Waals surface area contributed by atoms with E-state index in [1.807, 2.05) is 6.20 Å². The number of hydrogen-bond acceptors (Lipinski definition) is 2. The first-order valence-corrected chi connectivity index (χ1v) is 7.81. The molecule has 0 aromatic carbocycles. The normalized spacial score (nSPS) is 31.6. The van der Waals surface area contributed by atoms with Gasteiger partial charge >= 0.3 is 0 Å². The minimum Gasteiger partial charge on any atom is -0.366 e. The number of rotatable bonds is 3. The van der Waals surface area contributed by atoms with Gasteiger partial charge < -0.3 is 5.32 Å². The van der Waals surface area contributed by atoms with Crippen molar-refractivity contribution >= 4 is 21.7 Å². The quantitative estimate of drug-likeness (QED) is 0.896. The standard InChI is InChI=1S/C15H21BrN2/c1-9-5-14(16)15(17-8-9)18-10(2)13-7-11-3-4-12(13)6-11/h5,8,10-13H,3-4,6-7H2,1-2H3,(H,17,18). The highest BCUT2D eigenvalue weighted by Crippen LogP contribution is 2.49. The van der Waals surface area contributed by atoms with Crippen molar-refractivity contribution in [3.05, 3.63) is 22.3 Å². The molecule has 4 unspecified atom stereocenters. The molecule has 18 heavy (non-hydrogen) atoms. The van der Waals surface area contributed by atoms with E-state index in [4.69, 9.17) is 0 Å². The largest absolute Gasteiger partial charge is 0.366 e. The molecule has 4 atom stereocenters. The summed E-state index contributed by atoms with van der Waals surface area (Å²) in [7, 11) is 0. The Morgan fingerprint density at radius 3 is 2.83 bits per heavy atom. The molecule has 3 rings (SSSR count). The summed E-state index contributed by atoms with van der Waals surface area (Å²) in [4.78, 5) is 4.49. The maximum atomic E-state index is 4.49. The van der Waals surface area contributed by atoms with Gasteiger partial charge in [-0.25, -0.2) is 4.98 Å². The molecule has 2 fully saturated rings. The van der Waals surface area contributed by atoms with Gasteiger partial charge in [0, 0.05) is 12.2 Å². The lowest BCUT2D eigenvalue weighted by molar-refractivity contribution is 0.304. The average Bonchev–Trinajstić information content (AvgIpc) is 2.94. The third-order valence-corrected chi connectivity index (χ3v) is 5.38. The Morgan fingerprint density at radius 1 is 1.39 bits per heavy atom. The number of aromatic nitrogens is 1. The van der Waals surface area contributed by atoms with Crippen LogP contribution in [0.4, 0.5) is 5.82 Å². The molecule has 0 aliphatic heterocycles. The van der Waals surface area contributed by atoms with Gasteiger partial charge in [-0.1, -0.05) is 6.42 Å². The Bertz CT molecular complexity index is 446. The predicted molar refractivity (Wildman–Crippen MR) is 78.7 cm³/mol. The van der Waals surface area contributed by atoms with Crippen molar-refractivity contribution in [2.75, 3.05) is 5.32 Å². The Labute approximate surface area is 118 Å². The SMILES string of the molecule is Cc1cnc(NC(C)C2CC3CCC2C3)c(Br)c1. The monoisotopic (exact) mass is 308 g/mol. The predicted octanol–water partition coefficient (Wildman–Crippen LogP) is 4.39. The molecular weight excluding hydrogens is 288 g/mol. The fraction of sp³-hybridized carbons (Fsp3) is 0.667. The van der Waals surface area contributed by atoms with Crippen LogP contribution in [0.25, 0.3) is 0 Å². The molecule has 1 heterocycles. The first-order valence-electron chi connectivity index (χ1n) is 7.02. The van der Waals surface area contributed by atoms with Crippen LogP contribution in [-0.2, 0) is 0 Å². The fourth-order valence-electron chi connectivity index (χ4n) is 3.87. The van der Waals surface area contributed by atoms with Crippen molar-refractivity contribution in [2.45, 2.75) is 45.6 Å². The van der Waals surface area contributed by atoms with E-state index in [-0.39, 0.29) is 0 Å². The molecule has 2 bridgehead atoms. The zero-order valence-corrected chi connectivity index (χ0v) is 12.7. The Kier molecular flexibility index (Phi) is 3.35. The topological polar surface area (TPSA) is 24.9 Å².